The van der Waals surface area contributed by atoms with Crippen LogP contribution >= 0.6 is 0 Å². The quantitative estimate of drug-likeness (QED) is 0.335. The molecule has 2 aromatic heterocycles. The van der Waals surface area contributed by atoms with Crippen LogP contribution in [0.2, 0.25) is 0 Å². The molecule has 1 amide bonds. The predicted molar refractivity (Wildman–Crippen MR) is 121 cm³/mol. The highest BCUT2D eigenvalue weighted by Gasteiger charge is 2.25. The molecule has 13 nitrogen and oxygen atoms in total. The average molecular weight is 463 g/mol. The fraction of sp³-hybridized carbons (Fsp3) is 0.500. The summed E-state index contributed by atoms with van der Waals surface area (Å²) in [7, 11) is 1.43. The van der Waals surface area contributed by atoms with E-state index in [0.717, 1.165) is 11.3 Å². The number of carbonyl (C=O) groups is 2. The SMILES string of the molecule is CCCCn1c(N)c(N(CCOC)C(=O)COC(=O)CCNc2ncccn2)c(=O)[nH]c1=O. The van der Waals surface area contributed by atoms with Crippen LogP contribution in [0.3, 0.4) is 0 Å². The Kier molecular flexibility index (Phi) is 10.0. The molecule has 0 fully saturated rings. The maximum atomic E-state index is 12.8. The Labute approximate surface area is 189 Å². The number of nitrogens with one attached hydrogen (secondary N) is 2. The molecule has 0 aliphatic heterocycles. The summed E-state index contributed by atoms with van der Waals surface area (Å²) in [6.07, 6.45) is 4.53. The third kappa shape index (κ3) is 7.42. The van der Waals surface area contributed by atoms with E-state index in [1.807, 2.05) is 6.92 Å². The first-order valence-electron chi connectivity index (χ1n) is 10.5. The van der Waals surface area contributed by atoms with E-state index < -0.39 is 29.7 Å². The molecule has 0 aliphatic carbocycles. The van der Waals surface area contributed by atoms with Crippen LogP contribution in [-0.4, -0.2) is 64.8 Å². The Hall–Kier alpha value is -3.74. The van der Waals surface area contributed by atoms with Gasteiger partial charge in [0.2, 0.25) is 5.95 Å². The van der Waals surface area contributed by atoms with Crippen molar-refractivity contribution in [3.05, 3.63) is 39.3 Å². The minimum atomic E-state index is -0.812. The van der Waals surface area contributed by atoms with E-state index in [2.05, 4.69) is 20.3 Å². The molecule has 33 heavy (non-hydrogen) atoms. The summed E-state index contributed by atoms with van der Waals surface area (Å²) in [5.41, 5.74) is 4.44. The van der Waals surface area contributed by atoms with Gasteiger partial charge in [0.1, 0.15) is 5.82 Å². The molecule has 0 saturated heterocycles. The maximum Gasteiger partial charge on any atom is 0.330 e. The van der Waals surface area contributed by atoms with Gasteiger partial charge in [-0.25, -0.2) is 14.8 Å². The highest BCUT2D eigenvalue weighted by molar-refractivity contribution is 5.97. The number of methoxy groups -OCH3 is 1. The van der Waals surface area contributed by atoms with Crippen LogP contribution in [0.15, 0.2) is 28.0 Å². The lowest BCUT2D eigenvalue weighted by molar-refractivity contribution is -0.147. The number of anilines is 3. The lowest BCUT2D eigenvalue weighted by Gasteiger charge is -2.24. The Bertz CT molecular complexity index is 1040. The number of rotatable bonds is 13. The largest absolute Gasteiger partial charge is 0.455 e. The van der Waals surface area contributed by atoms with Crippen molar-refractivity contribution < 1.29 is 19.1 Å². The highest BCUT2D eigenvalue weighted by Crippen LogP contribution is 2.17. The van der Waals surface area contributed by atoms with Gasteiger partial charge in [-0.1, -0.05) is 13.3 Å². The molecular weight excluding hydrogens is 434 g/mol. The zero-order valence-electron chi connectivity index (χ0n) is 18.7. The number of esters is 1. The molecule has 0 unspecified atom stereocenters. The number of aromatic amines is 1. The molecule has 0 aromatic carbocycles. The van der Waals surface area contributed by atoms with Crippen LogP contribution in [0.25, 0.3) is 0 Å². The number of nitrogen functional groups attached to an aromatic ring is 1. The van der Waals surface area contributed by atoms with Gasteiger partial charge < -0.3 is 20.5 Å². The van der Waals surface area contributed by atoms with Crippen LogP contribution < -0.4 is 27.2 Å². The summed E-state index contributed by atoms with van der Waals surface area (Å²) in [5, 5.41) is 2.85. The fourth-order valence-electron chi connectivity index (χ4n) is 2.88. The first-order valence-corrected chi connectivity index (χ1v) is 10.5. The topological polar surface area (TPSA) is 175 Å². The van der Waals surface area contributed by atoms with Gasteiger partial charge in [-0.2, -0.15) is 0 Å². The monoisotopic (exact) mass is 463 g/mol. The zero-order valence-corrected chi connectivity index (χ0v) is 18.7. The lowest BCUT2D eigenvalue weighted by Crippen LogP contribution is -2.44. The molecule has 4 N–H and O–H groups in total. The van der Waals surface area contributed by atoms with E-state index in [1.165, 1.54) is 11.7 Å². The molecular formula is C20H29N7O6. The van der Waals surface area contributed by atoms with Crippen molar-refractivity contribution in [3.8, 4) is 0 Å². The van der Waals surface area contributed by atoms with Gasteiger partial charge in [-0.05, 0) is 12.5 Å². The minimum Gasteiger partial charge on any atom is -0.455 e. The number of hydrogen-bond acceptors (Lipinski definition) is 10. The first kappa shape index (κ1) is 25.5. The number of amides is 1. The van der Waals surface area contributed by atoms with Gasteiger partial charge >= 0.3 is 11.7 Å². The number of carbonyl (C=O) groups excluding carboxylic acids is 2. The summed E-state index contributed by atoms with van der Waals surface area (Å²) in [4.78, 5) is 60.7. The fourth-order valence-corrected chi connectivity index (χ4v) is 2.88. The zero-order chi connectivity index (χ0) is 24.2. The first-order chi connectivity index (χ1) is 15.9. The van der Waals surface area contributed by atoms with Gasteiger partial charge in [-0.3, -0.25) is 28.8 Å². The maximum absolute atomic E-state index is 12.8. The molecule has 0 aliphatic rings. The summed E-state index contributed by atoms with van der Waals surface area (Å²) < 4.78 is 11.3. The van der Waals surface area contributed by atoms with Crippen molar-refractivity contribution in [2.75, 3.05) is 49.4 Å². The molecule has 0 spiro atoms. The third-order valence-corrected chi connectivity index (χ3v) is 4.57. The van der Waals surface area contributed by atoms with Crippen LogP contribution in [0.4, 0.5) is 17.5 Å². The summed E-state index contributed by atoms with van der Waals surface area (Å²) in [6.45, 7) is 1.88. The number of ether oxygens (including phenoxy) is 2. The smallest absolute Gasteiger partial charge is 0.330 e. The number of unbranched alkanes of at least 4 members (excludes halogenated alkanes) is 1. The molecule has 0 saturated carbocycles. The van der Waals surface area contributed by atoms with Gasteiger partial charge in [-0.15, -0.1) is 0 Å². The number of aromatic nitrogens is 4. The van der Waals surface area contributed by atoms with Crippen LogP contribution in [0.5, 0.6) is 0 Å². The Morgan fingerprint density at radius 2 is 2.00 bits per heavy atom. The third-order valence-electron chi connectivity index (χ3n) is 4.57. The van der Waals surface area contributed by atoms with Gasteiger partial charge in [0.15, 0.2) is 12.3 Å². The Morgan fingerprint density at radius 1 is 1.27 bits per heavy atom. The van der Waals surface area contributed by atoms with Crippen LogP contribution in [0.1, 0.15) is 26.2 Å². The summed E-state index contributed by atoms with van der Waals surface area (Å²) in [6, 6.07) is 1.66. The van der Waals surface area contributed by atoms with Crippen LogP contribution in [0, 0.1) is 0 Å². The van der Waals surface area contributed by atoms with Crippen molar-refractivity contribution in [2.45, 2.75) is 32.7 Å². The van der Waals surface area contributed by atoms with E-state index in [0.29, 0.717) is 12.4 Å². The second-order valence-electron chi connectivity index (χ2n) is 6.95. The van der Waals surface area contributed by atoms with E-state index >= 15 is 0 Å². The van der Waals surface area contributed by atoms with Crippen molar-refractivity contribution in [3.63, 3.8) is 0 Å². The standard InChI is InChI=1S/C20H29N7O6/c1-3-4-10-27-17(21)16(18(30)25-20(27)31)26(11-12-32-2)14(28)13-33-15(29)6-9-24-19-22-7-5-8-23-19/h5,7-8H,3-4,6,9-13,21H2,1-2H3,(H,22,23,24)(H,25,30,31). The molecule has 0 atom stereocenters. The lowest BCUT2D eigenvalue weighted by atomic mass is 10.3. The van der Waals surface area contributed by atoms with Gasteiger partial charge in [0.25, 0.3) is 11.5 Å². The minimum absolute atomic E-state index is 0.0287. The second kappa shape index (κ2) is 13.0. The molecule has 13 heteroatoms. The molecule has 2 heterocycles. The number of H-pyrrole nitrogens is 1. The van der Waals surface area contributed by atoms with Crippen molar-refractivity contribution in [2.24, 2.45) is 0 Å². The van der Waals surface area contributed by atoms with E-state index in [1.54, 1.807) is 18.5 Å². The number of nitrogens with zero attached hydrogens (tertiary/aromatic N) is 4. The number of hydrogen-bond donors (Lipinski definition) is 3. The van der Waals surface area contributed by atoms with Crippen LogP contribution in [-0.2, 0) is 25.6 Å². The molecule has 2 aromatic rings. The Morgan fingerprint density at radius 3 is 2.67 bits per heavy atom. The van der Waals surface area contributed by atoms with E-state index in [-0.39, 0.29) is 44.2 Å². The predicted octanol–water partition coefficient (Wildman–Crippen LogP) is -0.266. The highest BCUT2D eigenvalue weighted by atomic mass is 16.5. The van der Waals surface area contributed by atoms with Crippen molar-refractivity contribution >= 4 is 29.3 Å². The molecule has 0 radical (unpaired) electrons. The van der Waals surface area contributed by atoms with E-state index in [9.17, 15) is 19.2 Å². The summed E-state index contributed by atoms with van der Waals surface area (Å²) in [5.74, 6) is -1.09. The molecule has 0 bridgehead atoms. The Balaban J connectivity index is 2.08. The second-order valence-corrected chi connectivity index (χ2v) is 6.95. The van der Waals surface area contributed by atoms with Crippen molar-refractivity contribution in [1.29, 1.82) is 0 Å². The van der Waals surface area contributed by atoms with E-state index in [4.69, 9.17) is 15.2 Å². The molecule has 180 valence electrons. The van der Waals surface area contributed by atoms with Gasteiger partial charge in [0, 0.05) is 39.1 Å². The summed E-state index contributed by atoms with van der Waals surface area (Å²) >= 11 is 0. The van der Waals surface area contributed by atoms with Crippen molar-refractivity contribution in [1.82, 2.24) is 19.5 Å². The number of nitrogens with two attached hydrogens (primary N) is 1. The normalized spacial score (nSPS) is 10.6. The molecule has 2 rings (SSSR count). The van der Waals surface area contributed by atoms with Gasteiger partial charge in [0.05, 0.1) is 13.0 Å². The average Bonchev–Trinajstić information content (AvgIpc) is 2.80.